The minimum absolute atomic E-state index is 0.00226. The highest BCUT2D eigenvalue weighted by Crippen LogP contribution is 2.21. The standard InChI is InChI=1S/C26H28ClN3O5S2/c27-22-10-14-23(15-11-22)36(32,33)29-25(18-20-6-2-1-3-7-20)26(31)28-19-21-8-12-24(13-9-21)37(34,35)30-16-4-5-17-30/h1-3,6-15,25,29H,4-5,16-19H2,(H,28,31)/t25-/m0/s1. The first-order valence-electron chi connectivity index (χ1n) is 11.8. The van der Waals surface area contributed by atoms with Crippen molar-refractivity contribution in [3.8, 4) is 0 Å². The number of nitrogens with zero attached hydrogens (tertiary/aromatic N) is 1. The molecule has 1 aliphatic heterocycles. The Morgan fingerprint density at radius 1 is 0.811 bits per heavy atom. The zero-order valence-corrected chi connectivity index (χ0v) is 22.4. The van der Waals surface area contributed by atoms with Crippen LogP contribution in [0.2, 0.25) is 5.02 Å². The van der Waals surface area contributed by atoms with Gasteiger partial charge in [-0.3, -0.25) is 4.79 Å². The molecule has 0 radical (unpaired) electrons. The quantitative estimate of drug-likeness (QED) is 0.394. The molecule has 1 heterocycles. The van der Waals surface area contributed by atoms with Gasteiger partial charge in [-0.05, 0) is 66.8 Å². The van der Waals surface area contributed by atoms with Crippen LogP contribution in [0.1, 0.15) is 24.0 Å². The molecule has 196 valence electrons. The fourth-order valence-electron chi connectivity index (χ4n) is 4.08. The molecule has 2 N–H and O–H groups in total. The van der Waals surface area contributed by atoms with Crippen LogP contribution in [-0.2, 0) is 37.8 Å². The van der Waals surface area contributed by atoms with E-state index < -0.39 is 32.0 Å². The van der Waals surface area contributed by atoms with E-state index >= 15 is 0 Å². The van der Waals surface area contributed by atoms with E-state index in [1.165, 1.54) is 40.7 Å². The average Bonchev–Trinajstić information content (AvgIpc) is 3.44. The maximum Gasteiger partial charge on any atom is 0.243 e. The highest BCUT2D eigenvalue weighted by molar-refractivity contribution is 7.89. The van der Waals surface area contributed by atoms with E-state index in [-0.39, 0.29) is 22.8 Å². The summed E-state index contributed by atoms with van der Waals surface area (Å²) in [6.45, 7) is 1.15. The lowest BCUT2D eigenvalue weighted by atomic mass is 10.1. The third kappa shape index (κ3) is 6.97. The van der Waals surface area contributed by atoms with Gasteiger partial charge in [0.25, 0.3) is 0 Å². The van der Waals surface area contributed by atoms with Crippen LogP contribution in [0.15, 0.2) is 88.7 Å². The number of benzene rings is 3. The smallest absolute Gasteiger partial charge is 0.243 e. The number of sulfonamides is 2. The van der Waals surface area contributed by atoms with Gasteiger partial charge in [-0.25, -0.2) is 16.8 Å². The Kier molecular flexibility index (Phi) is 8.66. The largest absolute Gasteiger partial charge is 0.351 e. The molecule has 0 unspecified atom stereocenters. The van der Waals surface area contributed by atoms with E-state index in [1.807, 2.05) is 30.3 Å². The number of hydrogen-bond donors (Lipinski definition) is 2. The predicted molar refractivity (Wildman–Crippen MR) is 142 cm³/mol. The molecule has 0 aromatic heterocycles. The van der Waals surface area contributed by atoms with Crippen LogP contribution < -0.4 is 10.0 Å². The van der Waals surface area contributed by atoms with Crippen molar-refractivity contribution in [2.45, 2.75) is 41.6 Å². The van der Waals surface area contributed by atoms with Crippen LogP contribution in [0.25, 0.3) is 0 Å². The number of nitrogens with one attached hydrogen (secondary N) is 2. The fourth-order valence-corrected chi connectivity index (χ4v) is 6.91. The van der Waals surface area contributed by atoms with E-state index in [4.69, 9.17) is 11.6 Å². The van der Waals surface area contributed by atoms with Gasteiger partial charge in [0, 0.05) is 24.7 Å². The van der Waals surface area contributed by atoms with Gasteiger partial charge in [0.1, 0.15) is 6.04 Å². The zero-order valence-electron chi connectivity index (χ0n) is 20.0. The Hall–Kier alpha value is -2.76. The highest BCUT2D eigenvalue weighted by atomic mass is 35.5. The lowest BCUT2D eigenvalue weighted by molar-refractivity contribution is -0.122. The van der Waals surface area contributed by atoms with Gasteiger partial charge < -0.3 is 5.32 Å². The van der Waals surface area contributed by atoms with Crippen molar-refractivity contribution in [2.24, 2.45) is 0 Å². The topological polar surface area (TPSA) is 113 Å². The molecule has 1 fully saturated rings. The fraction of sp³-hybridized carbons (Fsp3) is 0.269. The molecule has 0 spiro atoms. The van der Waals surface area contributed by atoms with Crippen LogP contribution in [0.4, 0.5) is 0 Å². The summed E-state index contributed by atoms with van der Waals surface area (Å²) in [6.07, 6.45) is 1.86. The van der Waals surface area contributed by atoms with Gasteiger partial charge in [0.15, 0.2) is 0 Å². The number of hydrogen-bond acceptors (Lipinski definition) is 5. The molecule has 11 heteroatoms. The molecular formula is C26H28ClN3O5S2. The molecule has 4 rings (SSSR count). The summed E-state index contributed by atoms with van der Waals surface area (Å²) in [5.41, 5.74) is 1.48. The first kappa shape index (κ1) is 27.3. The van der Waals surface area contributed by atoms with E-state index in [1.54, 1.807) is 12.1 Å². The molecule has 1 saturated heterocycles. The maximum atomic E-state index is 13.1. The summed E-state index contributed by atoms with van der Waals surface area (Å²) in [6, 6.07) is 20.1. The molecule has 3 aromatic rings. The maximum absolute atomic E-state index is 13.1. The van der Waals surface area contributed by atoms with E-state index in [0.717, 1.165) is 18.4 Å². The third-order valence-electron chi connectivity index (χ3n) is 6.11. The van der Waals surface area contributed by atoms with Crippen molar-refractivity contribution in [1.82, 2.24) is 14.3 Å². The predicted octanol–water partition coefficient (Wildman–Crippen LogP) is 3.33. The van der Waals surface area contributed by atoms with Crippen molar-refractivity contribution >= 4 is 37.6 Å². The number of amides is 1. The summed E-state index contributed by atoms with van der Waals surface area (Å²) < 4.78 is 55.4. The molecular weight excluding hydrogens is 534 g/mol. The summed E-state index contributed by atoms with van der Waals surface area (Å²) in [4.78, 5) is 13.3. The molecule has 3 aromatic carbocycles. The van der Waals surface area contributed by atoms with Crippen molar-refractivity contribution in [2.75, 3.05) is 13.1 Å². The van der Waals surface area contributed by atoms with Crippen LogP contribution in [0.5, 0.6) is 0 Å². The minimum atomic E-state index is -4.00. The zero-order chi connectivity index (χ0) is 26.5. The van der Waals surface area contributed by atoms with E-state index in [0.29, 0.717) is 23.7 Å². The highest BCUT2D eigenvalue weighted by Gasteiger charge is 2.28. The van der Waals surface area contributed by atoms with Crippen molar-refractivity contribution in [3.63, 3.8) is 0 Å². The SMILES string of the molecule is O=C(NCc1ccc(S(=O)(=O)N2CCCC2)cc1)[C@H](Cc1ccccc1)NS(=O)(=O)c1ccc(Cl)cc1. The van der Waals surface area contributed by atoms with Gasteiger partial charge in [0.2, 0.25) is 26.0 Å². The second-order valence-corrected chi connectivity index (χ2v) is 12.9. The van der Waals surface area contributed by atoms with Crippen LogP contribution >= 0.6 is 11.6 Å². The van der Waals surface area contributed by atoms with Gasteiger partial charge in [0.05, 0.1) is 9.79 Å². The first-order chi connectivity index (χ1) is 17.6. The molecule has 0 bridgehead atoms. The molecule has 1 amide bonds. The van der Waals surface area contributed by atoms with Crippen LogP contribution in [0, 0.1) is 0 Å². The monoisotopic (exact) mass is 561 g/mol. The lowest BCUT2D eigenvalue weighted by Gasteiger charge is -2.19. The van der Waals surface area contributed by atoms with E-state index in [9.17, 15) is 21.6 Å². The first-order valence-corrected chi connectivity index (χ1v) is 15.1. The Morgan fingerprint density at radius 2 is 1.41 bits per heavy atom. The number of rotatable bonds is 10. The third-order valence-corrected chi connectivity index (χ3v) is 9.77. The number of carbonyl (C=O) groups is 1. The molecule has 37 heavy (non-hydrogen) atoms. The van der Waals surface area contributed by atoms with Gasteiger partial charge in [-0.15, -0.1) is 0 Å². The van der Waals surface area contributed by atoms with Gasteiger partial charge >= 0.3 is 0 Å². The molecule has 1 aliphatic rings. The summed E-state index contributed by atoms with van der Waals surface area (Å²) in [5.74, 6) is -0.504. The summed E-state index contributed by atoms with van der Waals surface area (Å²) >= 11 is 5.88. The van der Waals surface area contributed by atoms with Crippen molar-refractivity contribution < 1.29 is 21.6 Å². The number of halogens is 1. The van der Waals surface area contributed by atoms with Gasteiger partial charge in [-0.2, -0.15) is 9.03 Å². The van der Waals surface area contributed by atoms with Crippen molar-refractivity contribution in [3.05, 3.63) is 95.0 Å². The number of carbonyl (C=O) groups excluding carboxylic acids is 1. The van der Waals surface area contributed by atoms with Gasteiger partial charge in [-0.1, -0.05) is 54.1 Å². The second kappa shape index (κ2) is 11.7. The minimum Gasteiger partial charge on any atom is -0.351 e. The Bertz CT molecular complexity index is 1420. The summed E-state index contributed by atoms with van der Waals surface area (Å²) in [5, 5.41) is 3.17. The van der Waals surface area contributed by atoms with E-state index in [2.05, 4.69) is 10.0 Å². The average molecular weight is 562 g/mol. The Labute approximate surface area is 222 Å². The lowest BCUT2D eigenvalue weighted by Crippen LogP contribution is -2.47. The Balaban J connectivity index is 1.46. The van der Waals surface area contributed by atoms with Crippen molar-refractivity contribution in [1.29, 1.82) is 0 Å². The molecule has 1 atom stereocenters. The molecule has 0 aliphatic carbocycles. The summed E-state index contributed by atoms with van der Waals surface area (Å²) in [7, 11) is -7.52. The second-order valence-electron chi connectivity index (χ2n) is 8.79. The van der Waals surface area contributed by atoms with Crippen LogP contribution in [-0.4, -0.2) is 46.2 Å². The Morgan fingerprint density at radius 3 is 2.03 bits per heavy atom. The van der Waals surface area contributed by atoms with Crippen LogP contribution in [0.3, 0.4) is 0 Å². The molecule has 8 nitrogen and oxygen atoms in total. The normalized spacial score (nSPS) is 15.4. The molecule has 0 saturated carbocycles.